The van der Waals surface area contributed by atoms with Gasteiger partial charge in [0.05, 0.1) is 0 Å². The molecule has 0 aromatic rings. The van der Waals surface area contributed by atoms with Crippen molar-refractivity contribution in [2.75, 3.05) is 19.6 Å². The van der Waals surface area contributed by atoms with Crippen molar-refractivity contribution < 1.29 is 0 Å². The fourth-order valence-corrected chi connectivity index (χ4v) is 3.62. The SMILES string of the molecule is CC1(C)CCN(C2(CN)CCCCCC2)CC1. The number of nitrogens with two attached hydrogens (primary N) is 1. The molecule has 2 aliphatic rings. The van der Waals surface area contributed by atoms with Crippen LogP contribution in [-0.4, -0.2) is 30.1 Å². The van der Waals surface area contributed by atoms with Crippen LogP contribution in [0.25, 0.3) is 0 Å². The largest absolute Gasteiger partial charge is 0.329 e. The van der Waals surface area contributed by atoms with E-state index in [1.165, 1.54) is 64.5 Å². The van der Waals surface area contributed by atoms with Crippen molar-refractivity contribution in [3.63, 3.8) is 0 Å². The lowest BCUT2D eigenvalue weighted by Gasteiger charge is -2.48. The van der Waals surface area contributed by atoms with Crippen molar-refractivity contribution in [1.29, 1.82) is 0 Å². The van der Waals surface area contributed by atoms with E-state index in [-0.39, 0.29) is 0 Å². The maximum absolute atomic E-state index is 6.16. The van der Waals surface area contributed by atoms with Gasteiger partial charge in [0.15, 0.2) is 0 Å². The zero-order valence-corrected chi connectivity index (χ0v) is 11.8. The first-order valence-electron chi connectivity index (χ1n) is 7.53. The van der Waals surface area contributed by atoms with Crippen LogP contribution in [0, 0.1) is 5.41 Å². The summed E-state index contributed by atoms with van der Waals surface area (Å²) < 4.78 is 0. The molecule has 0 aromatic carbocycles. The quantitative estimate of drug-likeness (QED) is 0.749. The van der Waals surface area contributed by atoms with Crippen molar-refractivity contribution in [1.82, 2.24) is 4.90 Å². The molecule has 1 saturated carbocycles. The fraction of sp³-hybridized carbons (Fsp3) is 1.00. The summed E-state index contributed by atoms with van der Waals surface area (Å²) >= 11 is 0. The molecule has 2 fully saturated rings. The third-order valence-corrected chi connectivity index (χ3v) is 5.20. The zero-order valence-electron chi connectivity index (χ0n) is 11.8. The Hall–Kier alpha value is -0.0800. The minimum absolute atomic E-state index is 0.354. The molecule has 1 aliphatic carbocycles. The topological polar surface area (TPSA) is 29.3 Å². The maximum Gasteiger partial charge on any atom is 0.0331 e. The molecule has 1 aliphatic heterocycles. The molecule has 2 heteroatoms. The van der Waals surface area contributed by atoms with Crippen LogP contribution in [0.5, 0.6) is 0 Å². The molecule has 2 nitrogen and oxygen atoms in total. The summed E-state index contributed by atoms with van der Waals surface area (Å²) in [6, 6.07) is 0. The normalized spacial score (nSPS) is 29.8. The molecular weight excluding hydrogens is 208 g/mol. The first kappa shape index (κ1) is 13.4. The Labute approximate surface area is 107 Å². The Morgan fingerprint density at radius 2 is 1.41 bits per heavy atom. The van der Waals surface area contributed by atoms with E-state index in [1.807, 2.05) is 0 Å². The van der Waals surface area contributed by atoms with Gasteiger partial charge in [-0.2, -0.15) is 0 Å². The highest BCUT2D eigenvalue weighted by Crippen LogP contribution is 2.38. The molecule has 2 N–H and O–H groups in total. The molecule has 2 rings (SSSR count). The van der Waals surface area contributed by atoms with Crippen molar-refractivity contribution >= 4 is 0 Å². The summed E-state index contributed by atoms with van der Waals surface area (Å²) in [6.07, 6.45) is 11.0. The molecule has 0 amide bonds. The Bertz CT molecular complexity index is 229. The van der Waals surface area contributed by atoms with Gasteiger partial charge < -0.3 is 5.73 Å². The molecule has 17 heavy (non-hydrogen) atoms. The molecule has 0 spiro atoms. The van der Waals surface area contributed by atoms with E-state index in [2.05, 4.69) is 18.7 Å². The highest BCUT2D eigenvalue weighted by atomic mass is 15.2. The Balaban J connectivity index is 2.02. The highest BCUT2D eigenvalue weighted by Gasteiger charge is 2.38. The molecule has 1 heterocycles. The minimum atomic E-state index is 0.354. The van der Waals surface area contributed by atoms with Crippen molar-refractivity contribution in [2.45, 2.75) is 70.8 Å². The van der Waals surface area contributed by atoms with Crippen LogP contribution in [0.15, 0.2) is 0 Å². The molecule has 100 valence electrons. The molecule has 1 saturated heterocycles. The van der Waals surface area contributed by atoms with Gasteiger partial charge >= 0.3 is 0 Å². The van der Waals surface area contributed by atoms with Crippen molar-refractivity contribution in [3.8, 4) is 0 Å². The summed E-state index contributed by atoms with van der Waals surface area (Å²) in [5, 5.41) is 0. The molecule has 0 radical (unpaired) electrons. The number of rotatable bonds is 2. The van der Waals surface area contributed by atoms with E-state index in [1.54, 1.807) is 0 Å². The van der Waals surface area contributed by atoms with Crippen LogP contribution in [0.2, 0.25) is 0 Å². The number of piperidine rings is 1. The van der Waals surface area contributed by atoms with E-state index in [9.17, 15) is 0 Å². The third kappa shape index (κ3) is 3.03. The average molecular weight is 238 g/mol. The van der Waals surface area contributed by atoms with E-state index < -0.39 is 0 Å². The first-order valence-corrected chi connectivity index (χ1v) is 7.53. The number of hydrogen-bond acceptors (Lipinski definition) is 2. The minimum Gasteiger partial charge on any atom is -0.329 e. The van der Waals surface area contributed by atoms with Crippen LogP contribution >= 0.6 is 0 Å². The van der Waals surface area contributed by atoms with E-state index in [0.29, 0.717) is 11.0 Å². The lowest BCUT2D eigenvalue weighted by atomic mass is 9.79. The number of hydrogen-bond donors (Lipinski definition) is 1. The smallest absolute Gasteiger partial charge is 0.0331 e. The van der Waals surface area contributed by atoms with Gasteiger partial charge in [0.1, 0.15) is 0 Å². The Morgan fingerprint density at radius 3 is 1.88 bits per heavy atom. The van der Waals surface area contributed by atoms with E-state index in [0.717, 1.165) is 6.54 Å². The average Bonchev–Trinajstić information content (AvgIpc) is 2.55. The Kier molecular flexibility index (Phi) is 4.14. The molecule has 0 aromatic heterocycles. The van der Waals surface area contributed by atoms with Gasteiger partial charge in [0.2, 0.25) is 0 Å². The van der Waals surface area contributed by atoms with E-state index >= 15 is 0 Å². The monoisotopic (exact) mass is 238 g/mol. The van der Waals surface area contributed by atoms with Crippen LogP contribution in [0.1, 0.15) is 65.2 Å². The van der Waals surface area contributed by atoms with Gasteiger partial charge in [-0.15, -0.1) is 0 Å². The fourth-order valence-electron chi connectivity index (χ4n) is 3.62. The second kappa shape index (κ2) is 5.27. The van der Waals surface area contributed by atoms with Gasteiger partial charge in [-0.3, -0.25) is 4.90 Å². The van der Waals surface area contributed by atoms with E-state index in [4.69, 9.17) is 5.73 Å². The summed E-state index contributed by atoms with van der Waals surface area (Å²) in [7, 11) is 0. The van der Waals surface area contributed by atoms with Crippen LogP contribution < -0.4 is 5.73 Å². The molecular formula is C15H30N2. The second-order valence-electron chi connectivity index (χ2n) is 6.99. The summed E-state index contributed by atoms with van der Waals surface area (Å²) in [5.41, 5.74) is 7.07. The number of nitrogens with zero attached hydrogens (tertiary/aromatic N) is 1. The van der Waals surface area contributed by atoms with Gasteiger partial charge in [0, 0.05) is 12.1 Å². The van der Waals surface area contributed by atoms with Gasteiger partial charge in [-0.05, 0) is 44.2 Å². The van der Waals surface area contributed by atoms with Crippen molar-refractivity contribution in [2.24, 2.45) is 11.1 Å². The Morgan fingerprint density at radius 1 is 0.882 bits per heavy atom. The predicted molar refractivity (Wildman–Crippen MR) is 74.1 cm³/mol. The zero-order chi connectivity index (χ0) is 12.4. The molecule has 0 unspecified atom stereocenters. The first-order chi connectivity index (χ1) is 8.08. The molecule has 0 atom stereocenters. The van der Waals surface area contributed by atoms with Crippen LogP contribution in [-0.2, 0) is 0 Å². The molecule has 0 bridgehead atoms. The van der Waals surface area contributed by atoms with Gasteiger partial charge in [0.25, 0.3) is 0 Å². The highest BCUT2D eigenvalue weighted by molar-refractivity contribution is 4.96. The number of likely N-dealkylation sites (tertiary alicyclic amines) is 1. The lowest BCUT2D eigenvalue weighted by Crippen LogP contribution is -2.56. The summed E-state index contributed by atoms with van der Waals surface area (Å²) in [5.74, 6) is 0. The van der Waals surface area contributed by atoms with Gasteiger partial charge in [-0.1, -0.05) is 39.5 Å². The lowest BCUT2D eigenvalue weighted by molar-refractivity contribution is 0.0226. The van der Waals surface area contributed by atoms with Crippen LogP contribution in [0.3, 0.4) is 0 Å². The predicted octanol–water partition coefficient (Wildman–Crippen LogP) is 3.16. The second-order valence-corrected chi connectivity index (χ2v) is 6.99. The standard InChI is InChI=1S/C15H30N2/c1-14(2)9-11-17(12-10-14)15(13-16)7-5-3-4-6-8-15/h3-13,16H2,1-2H3. The van der Waals surface area contributed by atoms with Crippen LogP contribution in [0.4, 0.5) is 0 Å². The third-order valence-electron chi connectivity index (χ3n) is 5.20. The summed E-state index contributed by atoms with van der Waals surface area (Å²) in [6.45, 7) is 8.22. The maximum atomic E-state index is 6.16. The van der Waals surface area contributed by atoms with Gasteiger partial charge in [-0.25, -0.2) is 0 Å². The van der Waals surface area contributed by atoms with Crippen molar-refractivity contribution in [3.05, 3.63) is 0 Å². The summed E-state index contributed by atoms with van der Waals surface area (Å²) in [4.78, 5) is 2.74.